The van der Waals surface area contributed by atoms with Crippen LogP contribution in [0, 0.1) is 30.9 Å². The van der Waals surface area contributed by atoms with E-state index in [4.69, 9.17) is 8.53 Å². The van der Waals surface area contributed by atoms with Gasteiger partial charge in [0.05, 0.1) is 11.1 Å². The van der Waals surface area contributed by atoms with Crippen molar-refractivity contribution < 1.29 is 18.9 Å². The number of aryl methyl sites for hydroxylation is 3. The van der Waals surface area contributed by atoms with Crippen LogP contribution in [-0.2, 0) is 7.05 Å². The smallest absolute Gasteiger partial charge is 0.216 e. The molecule has 1 saturated carbocycles. The SMILES string of the molecule is [2H]C([2H])([2H])c1cc(-c2c(F)ccc3c2oc2c(-c4cccc[n+]4C)c(C)ccc23)ccc1C1([2H])CCC(C(C)(C)C)CC1. The Morgan fingerprint density at radius 1 is 0.897 bits per heavy atom. The maximum absolute atomic E-state index is 15.8. The summed E-state index contributed by atoms with van der Waals surface area (Å²) in [4.78, 5) is 0. The van der Waals surface area contributed by atoms with Crippen molar-refractivity contribution in [2.24, 2.45) is 18.4 Å². The highest BCUT2D eigenvalue weighted by molar-refractivity contribution is 6.13. The molecule has 0 bridgehead atoms. The van der Waals surface area contributed by atoms with E-state index < -0.39 is 18.6 Å². The fourth-order valence-electron chi connectivity index (χ4n) is 6.46. The van der Waals surface area contributed by atoms with E-state index in [2.05, 4.69) is 20.8 Å². The predicted octanol–water partition coefficient (Wildman–Crippen LogP) is 9.82. The van der Waals surface area contributed by atoms with Crippen LogP contribution in [-0.4, -0.2) is 0 Å². The quantitative estimate of drug-likeness (QED) is 0.215. The average Bonchev–Trinajstić information content (AvgIpc) is 3.31. The van der Waals surface area contributed by atoms with Crippen molar-refractivity contribution in [1.29, 1.82) is 0 Å². The van der Waals surface area contributed by atoms with Gasteiger partial charge in [-0.25, -0.2) is 8.96 Å². The summed E-state index contributed by atoms with van der Waals surface area (Å²) >= 11 is 0. The van der Waals surface area contributed by atoms with Gasteiger partial charge in [0, 0.05) is 28.4 Å². The molecule has 1 aliphatic carbocycles. The molecule has 1 fully saturated rings. The van der Waals surface area contributed by atoms with E-state index in [-0.39, 0.29) is 16.5 Å². The molecule has 2 heterocycles. The van der Waals surface area contributed by atoms with Crippen molar-refractivity contribution in [3.63, 3.8) is 0 Å². The number of pyridine rings is 1. The molecule has 2 nitrogen and oxygen atoms in total. The molecule has 200 valence electrons. The monoisotopic (exact) mass is 524 g/mol. The number of nitrogens with zero attached hydrogens (tertiary/aromatic N) is 1. The van der Waals surface area contributed by atoms with Crippen molar-refractivity contribution in [3.8, 4) is 22.4 Å². The number of hydrogen-bond acceptors (Lipinski definition) is 1. The minimum atomic E-state index is -2.45. The van der Waals surface area contributed by atoms with Gasteiger partial charge in [0.15, 0.2) is 6.20 Å². The number of hydrogen-bond donors (Lipinski definition) is 0. The summed E-state index contributed by atoms with van der Waals surface area (Å²) in [5.41, 5.74) is 5.46. The molecule has 0 saturated heterocycles. The first-order valence-electron chi connectivity index (χ1n) is 15.9. The second kappa shape index (κ2) is 9.62. The van der Waals surface area contributed by atoms with Crippen molar-refractivity contribution >= 4 is 21.9 Å². The Hall–Kier alpha value is -3.46. The van der Waals surface area contributed by atoms with Crippen LogP contribution in [0.25, 0.3) is 44.3 Å². The summed E-state index contributed by atoms with van der Waals surface area (Å²) in [7, 11) is 1.98. The lowest BCUT2D eigenvalue weighted by molar-refractivity contribution is -0.660. The summed E-state index contributed by atoms with van der Waals surface area (Å²) in [6.45, 7) is 6.27. The number of rotatable bonds is 3. The Labute approximate surface area is 237 Å². The zero-order valence-electron chi connectivity index (χ0n) is 27.5. The summed E-state index contributed by atoms with van der Waals surface area (Å²) in [5, 5.41) is 1.64. The molecule has 1 aliphatic rings. The molecule has 6 rings (SSSR count). The van der Waals surface area contributed by atoms with Crippen molar-refractivity contribution in [1.82, 2.24) is 0 Å². The third-order valence-corrected chi connectivity index (χ3v) is 8.78. The van der Waals surface area contributed by atoms with E-state index in [0.717, 1.165) is 40.4 Å². The number of fused-ring (bicyclic) bond motifs is 3. The fraction of sp³-hybridized carbons (Fsp3) is 0.361. The van der Waals surface area contributed by atoms with Gasteiger partial charge in [0.1, 0.15) is 24.0 Å². The summed E-state index contributed by atoms with van der Waals surface area (Å²) in [5.74, 6) is -0.982. The minimum absolute atomic E-state index is 0.120. The third kappa shape index (κ3) is 4.46. The van der Waals surface area contributed by atoms with E-state index in [0.29, 0.717) is 41.1 Å². The Balaban J connectivity index is 1.53. The summed E-state index contributed by atoms with van der Waals surface area (Å²) in [6.07, 6.45) is 4.94. The highest BCUT2D eigenvalue weighted by Crippen LogP contribution is 2.45. The van der Waals surface area contributed by atoms with Gasteiger partial charge in [-0.05, 0) is 97.1 Å². The maximum atomic E-state index is 15.8. The standard InChI is InChI=1S/C36H39FNO/c1-22-10-16-28-29-18-19-30(37)33(35(29)39-34(28)32(22)31-9-7-8-20-38(31)6)25-13-17-27(23(2)21-25)24-11-14-26(15-12-24)36(3,4)5/h7-10,13,16-21,24,26H,11-12,14-15H2,1-6H3/q+1/i2D3,24D. The van der Waals surface area contributed by atoms with E-state index in [1.54, 1.807) is 24.3 Å². The second-order valence-electron chi connectivity index (χ2n) is 12.2. The predicted molar refractivity (Wildman–Crippen MR) is 159 cm³/mol. The number of aromatic nitrogens is 1. The molecular weight excluding hydrogens is 481 g/mol. The van der Waals surface area contributed by atoms with E-state index in [1.165, 1.54) is 6.07 Å². The molecule has 0 aliphatic heterocycles. The highest BCUT2D eigenvalue weighted by atomic mass is 19.1. The first-order chi connectivity index (χ1) is 20.2. The molecule has 0 radical (unpaired) electrons. The van der Waals surface area contributed by atoms with Crippen LogP contribution >= 0.6 is 0 Å². The lowest BCUT2D eigenvalue weighted by atomic mass is 9.68. The van der Waals surface area contributed by atoms with Crippen LogP contribution in [0.3, 0.4) is 0 Å². The van der Waals surface area contributed by atoms with Crippen molar-refractivity contribution in [2.45, 2.75) is 66.1 Å². The fourth-order valence-corrected chi connectivity index (χ4v) is 6.46. The van der Waals surface area contributed by atoms with Crippen LogP contribution < -0.4 is 4.57 Å². The van der Waals surface area contributed by atoms with Crippen molar-refractivity contribution in [2.75, 3.05) is 0 Å². The minimum Gasteiger partial charge on any atom is -0.454 e. The lowest BCUT2D eigenvalue weighted by Crippen LogP contribution is -2.30. The zero-order chi connectivity index (χ0) is 30.9. The topological polar surface area (TPSA) is 17.0 Å². The largest absolute Gasteiger partial charge is 0.454 e. The number of furan rings is 1. The molecule has 0 amide bonds. The Morgan fingerprint density at radius 3 is 2.31 bits per heavy atom. The molecule has 3 aromatic carbocycles. The number of halogens is 1. The third-order valence-electron chi connectivity index (χ3n) is 8.78. The normalized spacial score (nSPS) is 21.9. The van der Waals surface area contributed by atoms with Crippen LogP contribution in [0.2, 0.25) is 0 Å². The van der Waals surface area contributed by atoms with E-state index in [1.807, 2.05) is 55.1 Å². The molecule has 0 N–H and O–H groups in total. The van der Waals surface area contributed by atoms with Gasteiger partial charge in [-0.3, -0.25) is 0 Å². The first kappa shape index (κ1) is 21.4. The summed E-state index contributed by atoms with van der Waals surface area (Å²) < 4.78 is 59.0. The van der Waals surface area contributed by atoms with Gasteiger partial charge in [-0.2, -0.15) is 0 Å². The van der Waals surface area contributed by atoms with E-state index >= 15 is 4.39 Å². The van der Waals surface area contributed by atoms with E-state index in [9.17, 15) is 1.37 Å². The lowest BCUT2D eigenvalue weighted by Gasteiger charge is -2.37. The Morgan fingerprint density at radius 2 is 1.62 bits per heavy atom. The maximum Gasteiger partial charge on any atom is 0.216 e. The Bertz CT molecular complexity index is 1860. The van der Waals surface area contributed by atoms with Gasteiger partial charge in [-0.15, -0.1) is 0 Å². The molecule has 0 atom stereocenters. The molecule has 2 aromatic heterocycles. The van der Waals surface area contributed by atoms with Gasteiger partial charge in [-0.1, -0.05) is 51.1 Å². The van der Waals surface area contributed by atoms with Gasteiger partial charge in [0.2, 0.25) is 5.69 Å². The van der Waals surface area contributed by atoms with Crippen LogP contribution in [0.1, 0.15) is 74.5 Å². The van der Waals surface area contributed by atoms with Gasteiger partial charge < -0.3 is 4.42 Å². The van der Waals surface area contributed by atoms with Crippen molar-refractivity contribution in [3.05, 3.63) is 89.4 Å². The molecule has 39 heavy (non-hydrogen) atoms. The zero-order valence-corrected chi connectivity index (χ0v) is 23.5. The van der Waals surface area contributed by atoms with Crippen LogP contribution in [0.4, 0.5) is 4.39 Å². The summed E-state index contributed by atoms with van der Waals surface area (Å²) in [6, 6.07) is 18.3. The molecule has 0 unspecified atom stereocenters. The molecule has 0 spiro atoms. The van der Waals surface area contributed by atoms with Crippen LogP contribution in [0.5, 0.6) is 0 Å². The number of benzene rings is 3. The molecule has 5 aromatic rings. The molecule has 3 heteroatoms. The average molecular weight is 525 g/mol. The molecular formula is C36H39FNO+. The second-order valence-corrected chi connectivity index (χ2v) is 12.2. The highest BCUT2D eigenvalue weighted by Gasteiger charge is 2.31. The first-order valence-corrected chi connectivity index (χ1v) is 13.9. The Kier molecular flexibility index (Phi) is 5.27. The van der Waals surface area contributed by atoms with Gasteiger partial charge in [0.25, 0.3) is 0 Å². The van der Waals surface area contributed by atoms with Crippen LogP contribution in [0.15, 0.2) is 71.3 Å². The van der Waals surface area contributed by atoms with Gasteiger partial charge >= 0.3 is 0 Å².